The average molecular weight is 515 g/mol. The van der Waals surface area contributed by atoms with E-state index in [2.05, 4.69) is 28.6 Å². The standard InChI is InChI=1S/C21H29N3O4.HI/c1-4-22-21(24-13-17(25)18-7-6-8-27-18)23-12-16-11-20-15(9-14(3)28-20)10-19(16)26-5-2;/h6-8,10-11,14,17,25H,4-5,9,12-13H2,1-3H3,(H2,22,23,24);1H. The van der Waals surface area contributed by atoms with E-state index in [4.69, 9.17) is 13.9 Å². The number of guanidine groups is 1. The fourth-order valence-electron chi connectivity index (χ4n) is 3.18. The van der Waals surface area contributed by atoms with E-state index in [1.54, 1.807) is 18.4 Å². The molecule has 0 aliphatic carbocycles. The minimum atomic E-state index is -0.743. The number of fused-ring (bicyclic) bond motifs is 1. The van der Waals surface area contributed by atoms with Crippen molar-refractivity contribution < 1.29 is 19.0 Å². The number of benzene rings is 1. The van der Waals surface area contributed by atoms with E-state index in [1.165, 1.54) is 5.56 Å². The average Bonchev–Trinajstić information content (AvgIpc) is 3.32. The first-order chi connectivity index (χ1) is 13.6. The maximum Gasteiger partial charge on any atom is 0.191 e. The molecule has 0 amide bonds. The molecule has 1 aromatic carbocycles. The fraction of sp³-hybridized carbons (Fsp3) is 0.476. The lowest BCUT2D eigenvalue weighted by atomic mass is 10.1. The number of halogens is 1. The zero-order chi connectivity index (χ0) is 19.9. The Morgan fingerprint density at radius 3 is 2.86 bits per heavy atom. The predicted octanol–water partition coefficient (Wildman–Crippen LogP) is 3.41. The van der Waals surface area contributed by atoms with Crippen molar-refractivity contribution in [3.8, 4) is 11.5 Å². The van der Waals surface area contributed by atoms with Crippen LogP contribution in [0.5, 0.6) is 11.5 Å². The third kappa shape index (κ3) is 6.27. The van der Waals surface area contributed by atoms with Crippen LogP contribution >= 0.6 is 24.0 Å². The van der Waals surface area contributed by atoms with Crippen LogP contribution in [0.3, 0.4) is 0 Å². The van der Waals surface area contributed by atoms with Crippen LogP contribution in [0.15, 0.2) is 39.9 Å². The molecule has 1 aromatic heterocycles. The minimum absolute atomic E-state index is 0. The van der Waals surface area contributed by atoms with E-state index in [0.29, 0.717) is 38.0 Å². The van der Waals surface area contributed by atoms with Gasteiger partial charge in [0, 0.05) is 24.1 Å². The van der Waals surface area contributed by atoms with Gasteiger partial charge < -0.3 is 29.6 Å². The van der Waals surface area contributed by atoms with E-state index in [-0.39, 0.29) is 30.1 Å². The molecule has 7 nitrogen and oxygen atoms in total. The Bertz CT molecular complexity index is 795. The van der Waals surface area contributed by atoms with Crippen LogP contribution in [0.25, 0.3) is 0 Å². The van der Waals surface area contributed by atoms with Gasteiger partial charge in [0.15, 0.2) is 5.96 Å². The molecule has 0 fully saturated rings. The van der Waals surface area contributed by atoms with Gasteiger partial charge in [-0.25, -0.2) is 4.99 Å². The number of nitrogens with zero attached hydrogens (tertiary/aromatic N) is 1. The van der Waals surface area contributed by atoms with Crippen LogP contribution in [-0.2, 0) is 13.0 Å². The van der Waals surface area contributed by atoms with Crippen molar-refractivity contribution in [2.24, 2.45) is 4.99 Å². The van der Waals surface area contributed by atoms with Crippen LogP contribution in [-0.4, -0.2) is 36.9 Å². The zero-order valence-corrected chi connectivity index (χ0v) is 19.4. The summed E-state index contributed by atoms with van der Waals surface area (Å²) in [5.74, 6) is 2.89. The molecule has 3 rings (SSSR count). The van der Waals surface area contributed by atoms with Crippen LogP contribution in [0.1, 0.15) is 43.8 Å². The first-order valence-corrected chi connectivity index (χ1v) is 9.79. The Balaban J connectivity index is 0.00000300. The number of aliphatic hydroxyl groups excluding tert-OH is 1. The van der Waals surface area contributed by atoms with Gasteiger partial charge in [0.2, 0.25) is 0 Å². The molecule has 2 unspecified atom stereocenters. The molecule has 160 valence electrons. The Labute approximate surface area is 188 Å². The van der Waals surface area contributed by atoms with E-state index >= 15 is 0 Å². The monoisotopic (exact) mass is 515 g/mol. The lowest BCUT2D eigenvalue weighted by Crippen LogP contribution is -2.39. The van der Waals surface area contributed by atoms with Crippen molar-refractivity contribution in [2.45, 2.75) is 45.9 Å². The summed E-state index contributed by atoms with van der Waals surface area (Å²) in [4.78, 5) is 4.64. The minimum Gasteiger partial charge on any atom is -0.494 e. The molecule has 0 saturated carbocycles. The smallest absolute Gasteiger partial charge is 0.191 e. The molecule has 0 saturated heterocycles. The highest BCUT2D eigenvalue weighted by atomic mass is 127. The number of ether oxygens (including phenoxy) is 2. The molecule has 0 bridgehead atoms. The van der Waals surface area contributed by atoms with E-state index < -0.39 is 6.10 Å². The number of hydrogen-bond donors (Lipinski definition) is 3. The number of furan rings is 1. The van der Waals surface area contributed by atoms with Crippen LogP contribution in [0, 0.1) is 0 Å². The van der Waals surface area contributed by atoms with Gasteiger partial charge in [-0.3, -0.25) is 0 Å². The second-order valence-electron chi connectivity index (χ2n) is 6.74. The van der Waals surface area contributed by atoms with Gasteiger partial charge in [-0.1, -0.05) is 0 Å². The highest BCUT2D eigenvalue weighted by Crippen LogP contribution is 2.35. The Morgan fingerprint density at radius 2 is 2.17 bits per heavy atom. The molecule has 2 heterocycles. The maximum absolute atomic E-state index is 10.2. The van der Waals surface area contributed by atoms with Crippen LogP contribution < -0.4 is 20.1 Å². The fourth-order valence-corrected chi connectivity index (χ4v) is 3.18. The van der Waals surface area contributed by atoms with Gasteiger partial charge in [0.05, 0.1) is 26.0 Å². The topological polar surface area (TPSA) is 88.3 Å². The summed E-state index contributed by atoms with van der Waals surface area (Å²) < 4.78 is 16.9. The van der Waals surface area contributed by atoms with Gasteiger partial charge in [-0.2, -0.15) is 0 Å². The third-order valence-corrected chi connectivity index (χ3v) is 4.47. The van der Waals surface area contributed by atoms with Gasteiger partial charge >= 0.3 is 0 Å². The summed E-state index contributed by atoms with van der Waals surface area (Å²) in [6.45, 7) is 8.08. The van der Waals surface area contributed by atoms with Crippen molar-refractivity contribution >= 4 is 29.9 Å². The Hall–Kier alpha value is -1.94. The van der Waals surface area contributed by atoms with Gasteiger partial charge in [0.1, 0.15) is 29.5 Å². The second kappa shape index (κ2) is 11.3. The first kappa shape index (κ1) is 23.3. The van der Waals surface area contributed by atoms with Crippen LogP contribution in [0.4, 0.5) is 0 Å². The molecule has 29 heavy (non-hydrogen) atoms. The molecule has 2 aromatic rings. The van der Waals surface area contributed by atoms with Crippen molar-refractivity contribution in [1.29, 1.82) is 0 Å². The predicted molar refractivity (Wildman–Crippen MR) is 123 cm³/mol. The molecular formula is C21H30IN3O4. The number of hydrogen-bond acceptors (Lipinski definition) is 5. The summed E-state index contributed by atoms with van der Waals surface area (Å²) in [6.07, 6.45) is 1.88. The summed E-state index contributed by atoms with van der Waals surface area (Å²) in [6, 6.07) is 7.59. The van der Waals surface area contributed by atoms with Gasteiger partial charge in [-0.05, 0) is 45.0 Å². The largest absolute Gasteiger partial charge is 0.494 e. The number of aliphatic hydroxyl groups is 1. The van der Waals surface area contributed by atoms with Crippen LogP contribution in [0.2, 0.25) is 0 Å². The van der Waals surface area contributed by atoms with Crippen molar-refractivity contribution in [3.63, 3.8) is 0 Å². The van der Waals surface area contributed by atoms with Crippen molar-refractivity contribution in [1.82, 2.24) is 10.6 Å². The van der Waals surface area contributed by atoms with Crippen molar-refractivity contribution in [2.75, 3.05) is 19.7 Å². The van der Waals surface area contributed by atoms with E-state index in [9.17, 15) is 5.11 Å². The third-order valence-electron chi connectivity index (χ3n) is 4.47. The summed E-state index contributed by atoms with van der Waals surface area (Å²) in [5.41, 5.74) is 2.15. The zero-order valence-electron chi connectivity index (χ0n) is 17.1. The molecule has 3 N–H and O–H groups in total. The molecule has 0 spiro atoms. The first-order valence-electron chi connectivity index (χ1n) is 9.79. The lowest BCUT2D eigenvalue weighted by molar-refractivity contribution is 0.153. The normalized spacial score (nSPS) is 16.4. The molecular weight excluding hydrogens is 485 g/mol. The summed E-state index contributed by atoms with van der Waals surface area (Å²) in [5, 5.41) is 16.5. The molecule has 1 aliphatic heterocycles. The van der Waals surface area contributed by atoms with Gasteiger partial charge in [0.25, 0.3) is 0 Å². The van der Waals surface area contributed by atoms with E-state index in [0.717, 1.165) is 23.5 Å². The lowest BCUT2D eigenvalue weighted by Gasteiger charge is -2.15. The molecule has 0 radical (unpaired) electrons. The Morgan fingerprint density at radius 1 is 1.34 bits per heavy atom. The highest BCUT2D eigenvalue weighted by molar-refractivity contribution is 14.0. The summed E-state index contributed by atoms with van der Waals surface area (Å²) >= 11 is 0. The number of nitrogens with one attached hydrogen (secondary N) is 2. The highest BCUT2D eigenvalue weighted by Gasteiger charge is 2.22. The maximum atomic E-state index is 10.2. The number of aliphatic imine (C=N–C) groups is 1. The molecule has 1 aliphatic rings. The SMILES string of the molecule is CCNC(=NCc1cc2c(cc1OCC)CC(C)O2)NCC(O)c1ccco1.I. The van der Waals surface area contributed by atoms with Gasteiger partial charge in [-0.15, -0.1) is 24.0 Å². The van der Waals surface area contributed by atoms with Crippen molar-refractivity contribution in [3.05, 3.63) is 47.4 Å². The quantitative estimate of drug-likeness (QED) is 0.284. The second-order valence-corrected chi connectivity index (χ2v) is 6.74. The molecule has 8 heteroatoms. The molecule has 2 atom stereocenters. The van der Waals surface area contributed by atoms with E-state index in [1.807, 2.05) is 19.9 Å². The number of rotatable bonds is 8. The summed E-state index contributed by atoms with van der Waals surface area (Å²) in [7, 11) is 0. The Kier molecular flexibility index (Phi) is 9.09.